The minimum atomic E-state index is 0.0378. The molecule has 0 aromatic carbocycles. The summed E-state index contributed by atoms with van der Waals surface area (Å²) in [5.74, 6) is 0.0378. The molecule has 0 bridgehead atoms. The maximum Gasteiger partial charge on any atom is 0.176 e. The van der Waals surface area contributed by atoms with Crippen LogP contribution in [0, 0.1) is 11.3 Å². The number of aromatic nitrogens is 2. The van der Waals surface area contributed by atoms with Crippen LogP contribution in [0.3, 0.4) is 0 Å². The Bertz CT molecular complexity index is 641. The molecule has 0 saturated carbocycles. The molecular weight excluding hydrogens is 226 g/mol. The lowest BCUT2D eigenvalue weighted by molar-refractivity contribution is 0.100. The van der Waals surface area contributed by atoms with E-state index in [0.29, 0.717) is 11.3 Å². The van der Waals surface area contributed by atoms with Gasteiger partial charge in [0.25, 0.3) is 0 Å². The van der Waals surface area contributed by atoms with E-state index >= 15 is 0 Å². The highest BCUT2D eigenvalue weighted by atomic mass is 16.1. The first kappa shape index (κ1) is 12.2. The maximum atomic E-state index is 11.6. The quantitative estimate of drug-likeness (QED) is 0.775. The molecule has 2 heterocycles. The molecule has 18 heavy (non-hydrogen) atoms. The number of hydrogen-bond donors (Lipinski definition) is 0. The third-order valence-electron chi connectivity index (χ3n) is 3.06. The molecule has 0 amide bonds. The van der Waals surface area contributed by atoms with Crippen molar-refractivity contribution in [2.24, 2.45) is 7.05 Å². The van der Waals surface area contributed by atoms with E-state index in [-0.39, 0.29) is 5.78 Å². The van der Waals surface area contributed by atoms with Crippen LogP contribution in [0.2, 0.25) is 0 Å². The first-order chi connectivity index (χ1) is 8.58. The summed E-state index contributed by atoms with van der Waals surface area (Å²) in [6.07, 6.45) is 3.78. The predicted molar refractivity (Wildman–Crippen MR) is 69.2 cm³/mol. The molecular formula is C14H15N3O. The zero-order chi connectivity index (χ0) is 13.3. The number of Topliss-reactive ketones (excluding diaryl/α,β-unsaturated/α-hetero) is 1. The van der Waals surface area contributed by atoms with Crippen molar-refractivity contribution in [1.29, 1.82) is 5.26 Å². The van der Waals surface area contributed by atoms with E-state index in [1.54, 1.807) is 13.0 Å². The van der Waals surface area contributed by atoms with E-state index in [1.165, 1.54) is 0 Å². The van der Waals surface area contributed by atoms with Crippen LogP contribution in [0.25, 0.3) is 11.3 Å². The van der Waals surface area contributed by atoms with Crippen LogP contribution in [-0.2, 0) is 13.6 Å². The minimum Gasteiger partial charge on any atom is -0.349 e. The van der Waals surface area contributed by atoms with Crippen LogP contribution >= 0.6 is 0 Å². The molecule has 92 valence electrons. The molecule has 0 fully saturated rings. The number of aryl methyl sites for hydroxylation is 2. The van der Waals surface area contributed by atoms with Crippen molar-refractivity contribution in [2.75, 3.05) is 0 Å². The van der Waals surface area contributed by atoms with Crippen molar-refractivity contribution in [3.05, 3.63) is 35.8 Å². The molecule has 0 aliphatic carbocycles. The minimum absolute atomic E-state index is 0.0378. The molecule has 0 aliphatic heterocycles. The summed E-state index contributed by atoms with van der Waals surface area (Å²) < 4.78 is 3.81. The van der Waals surface area contributed by atoms with Gasteiger partial charge in [0.15, 0.2) is 5.78 Å². The Morgan fingerprint density at radius 3 is 2.72 bits per heavy atom. The van der Waals surface area contributed by atoms with Crippen LogP contribution in [0.4, 0.5) is 0 Å². The van der Waals surface area contributed by atoms with Crippen molar-refractivity contribution in [3.8, 4) is 17.3 Å². The van der Waals surface area contributed by atoms with Crippen molar-refractivity contribution >= 4 is 5.78 Å². The van der Waals surface area contributed by atoms with Crippen molar-refractivity contribution in [2.45, 2.75) is 20.4 Å². The maximum absolute atomic E-state index is 11.6. The van der Waals surface area contributed by atoms with Crippen molar-refractivity contribution < 1.29 is 4.79 Å². The summed E-state index contributed by atoms with van der Waals surface area (Å²) in [5.41, 5.74) is 3.07. The number of hydrogen-bond acceptors (Lipinski definition) is 2. The summed E-state index contributed by atoms with van der Waals surface area (Å²) in [6, 6.07) is 5.81. The van der Waals surface area contributed by atoms with Gasteiger partial charge in [-0.2, -0.15) is 5.26 Å². The molecule has 0 aliphatic rings. The fourth-order valence-corrected chi connectivity index (χ4v) is 2.18. The van der Waals surface area contributed by atoms with Gasteiger partial charge in [-0.05, 0) is 19.1 Å². The van der Waals surface area contributed by atoms with Crippen LogP contribution in [0.15, 0.2) is 24.5 Å². The first-order valence-corrected chi connectivity index (χ1v) is 5.85. The molecule has 2 aromatic rings. The Morgan fingerprint density at radius 1 is 1.50 bits per heavy atom. The van der Waals surface area contributed by atoms with Crippen LogP contribution in [0.1, 0.15) is 29.9 Å². The highest BCUT2D eigenvalue weighted by Crippen LogP contribution is 2.26. The second-order valence-corrected chi connectivity index (χ2v) is 4.26. The number of ketones is 1. The molecule has 2 aromatic heterocycles. The summed E-state index contributed by atoms with van der Waals surface area (Å²) in [5, 5.41) is 9.10. The summed E-state index contributed by atoms with van der Waals surface area (Å²) >= 11 is 0. The monoisotopic (exact) mass is 241 g/mol. The molecule has 4 nitrogen and oxygen atoms in total. The van der Waals surface area contributed by atoms with Gasteiger partial charge in [-0.3, -0.25) is 4.79 Å². The highest BCUT2D eigenvalue weighted by molar-refractivity contribution is 5.94. The molecule has 2 rings (SSSR count). The second-order valence-electron chi connectivity index (χ2n) is 4.26. The predicted octanol–water partition coefficient (Wildman–Crippen LogP) is 2.59. The Morgan fingerprint density at radius 2 is 2.22 bits per heavy atom. The van der Waals surface area contributed by atoms with Gasteiger partial charge in [0, 0.05) is 38.5 Å². The summed E-state index contributed by atoms with van der Waals surface area (Å²) in [4.78, 5) is 11.6. The second kappa shape index (κ2) is 4.53. The topological polar surface area (TPSA) is 50.7 Å². The van der Waals surface area contributed by atoms with Gasteiger partial charge in [-0.1, -0.05) is 0 Å². The van der Waals surface area contributed by atoms with Gasteiger partial charge < -0.3 is 9.13 Å². The molecule has 0 radical (unpaired) electrons. The van der Waals surface area contributed by atoms with E-state index < -0.39 is 0 Å². The van der Waals surface area contributed by atoms with Gasteiger partial charge in [-0.15, -0.1) is 0 Å². The average Bonchev–Trinajstić information content (AvgIpc) is 2.91. The standard InChI is InChI=1S/C14H15N3O/c1-4-17-9-12(7-13(17)10(2)18)14-11(8-15)5-6-16(14)3/h5-7,9H,4H2,1-3H3. The normalized spacial score (nSPS) is 10.3. The SMILES string of the molecule is CCn1cc(-c2c(C#N)ccn2C)cc1C(C)=O. The van der Waals surface area contributed by atoms with Crippen LogP contribution < -0.4 is 0 Å². The smallest absolute Gasteiger partial charge is 0.176 e. The van der Waals surface area contributed by atoms with Crippen molar-refractivity contribution in [1.82, 2.24) is 9.13 Å². The van der Waals surface area contributed by atoms with Gasteiger partial charge >= 0.3 is 0 Å². The van der Waals surface area contributed by atoms with E-state index in [0.717, 1.165) is 17.8 Å². The first-order valence-electron chi connectivity index (χ1n) is 5.85. The average molecular weight is 241 g/mol. The van der Waals surface area contributed by atoms with Crippen LogP contribution in [-0.4, -0.2) is 14.9 Å². The van der Waals surface area contributed by atoms with Crippen LogP contribution in [0.5, 0.6) is 0 Å². The number of nitriles is 1. The third kappa shape index (κ3) is 1.84. The lowest BCUT2D eigenvalue weighted by Gasteiger charge is -2.01. The fraction of sp³-hybridized carbons (Fsp3) is 0.286. The van der Waals surface area contributed by atoms with Gasteiger partial charge in [0.2, 0.25) is 0 Å². The van der Waals surface area contributed by atoms with Gasteiger partial charge in [-0.25, -0.2) is 0 Å². The third-order valence-corrected chi connectivity index (χ3v) is 3.06. The van der Waals surface area contributed by atoms with Gasteiger partial charge in [0.05, 0.1) is 17.0 Å². The van der Waals surface area contributed by atoms with Gasteiger partial charge in [0.1, 0.15) is 6.07 Å². The Hall–Kier alpha value is -2.28. The molecule has 0 N–H and O–H groups in total. The largest absolute Gasteiger partial charge is 0.349 e. The number of rotatable bonds is 3. The number of carbonyl (C=O) groups is 1. The lowest BCUT2D eigenvalue weighted by atomic mass is 10.1. The zero-order valence-electron chi connectivity index (χ0n) is 10.8. The lowest BCUT2D eigenvalue weighted by Crippen LogP contribution is -2.02. The number of nitrogens with zero attached hydrogens (tertiary/aromatic N) is 3. The molecule has 0 atom stereocenters. The van der Waals surface area contributed by atoms with Crippen molar-refractivity contribution in [3.63, 3.8) is 0 Å². The van der Waals surface area contributed by atoms with E-state index in [4.69, 9.17) is 5.26 Å². The van der Waals surface area contributed by atoms with E-state index in [2.05, 4.69) is 6.07 Å². The Labute approximate surface area is 106 Å². The Kier molecular flexibility index (Phi) is 3.07. The van der Waals surface area contributed by atoms with E-state index in [1.807, 2.05) is 41.6 Å². The molecule has 4 heteroatoms. The summed E-state index contributed by atoms with van der Waals surface area (Å²) in [6.45, 7) is 4.29. The fourth-order valence-electron chi connectivity index (χ4n) is 2.18. The molecule has 0 saturated heterocycles. The Balaban J connectivity index is 2.62. The summed E-state index contributed by atoms with van der Waals surface area (Å²) in [7, 11) is 1.90. The number of carbonyl (C=O) groups excluding carboxylic acids is 1. The molecule has 0 spiro atoms. The molecule has 0 unspecified atom stereocenters. The highest BCUT2D eigenvalue weighted by Gasteiger charge is 2.15. The van der Waals surface area contributed by atoms with E-state index in [9.17, 15) is 4.79 Å². The zero-order valence-corrected chi connectivity index (χ0v) is 10.8.